The lowest BCUT2D eigenvalue weighted by Crippen LogP contribution is -2.30. The molecule has 1 unspecified atom stereocenters. The summed E-state index contributed by atoms with van der Waals surface area (Å²) >= 11 is 0. The van der Waals surface area contributed by atoms with E-state index in [0.717, 1.165) is 35.3 Å². The lowest BCUT2D eigenvalue weighted by atomic mass is 10.1. The number of rotatable bonds is 8. The summed E-state index contributed by atoms with van der Waals surface area (Å²) < 4.78 is 7.97. The average molecular weight is 484 g/mol. The van der Waals surface area contributed by atoms with Gasteiger partial charge in [0.1, 0.15) is 18.0 Å². The molecule has 1 fully saturated rings. The van der Waals surface area contributed by atoms with Gasteiger partial charge in [-0.05, 0) is 68.1 Å². The molecule has 0 bridgehead atoms. The molecular formula is C28H29N5O3. The molecule has 2 heterocycles. The van der Waals surface area contributed by atoms with Gasteiger partial charge < -0.3 is 25.1 Å². The molecule has 5 rings (SSSR count). The van der Waals surface area contributed by atoms with E-state index >= 15 is 0 Å². The van der Waals surface area contributed by atoms with Gasteiger partial charge in [0, 0.05) is 24.1 Å². The van der Waals surface area contributed by atoms with Crippen molar-refractivity contribution in [2.75, 3.05) is 5.32 Å². The number of para-hydroxylation sites is 1. The highest BCUT2D eigenvalue weighted by atomic mass is 16.5. The largest absolute Gasteiger partial charge is 0.486 e. The molecule has 1 aliphatic carbocycles. The summed E-state index contributed by atoms with van der Waals surface area (Å²) in [5, 5.41) is 8.76. The summed E-state index contributed by atoms with van der Waals surface area (Å²) in [5.41, 5.74) is 4.85. The van der Waals surface area contributed by atoms with Crippen molar-refractivity contribution in [3.8, 4) is 5.75 Å². The Bertz CT molecular complexity index is 1390. The first-order valence-corrected chi connectivity index (χ1v) is 12.1. The van der Waals surface area contributed by atoms with E-state index in [1.54, 1.807) is 12.1 Å². The number of imidazole rings is 1. The van der Waals surface area contributed by atoms with Crippen LogP contribution in [-0.4, -0.2) is 27.4 Å². The van der Waals surface area contributed by atoms with Crippen LogP contribution in [0.25, 0.3) is 5.65 Å². The van der Waals surface area contributed by atoms with Gasteiger partial charge in [-0.3, -0.25) is 4.79 Å². The van der Waals surface area contributed by atoms with Crippen LogP contribution < -0.4 is 20.7 Å². The number of carbonyl (C=O) groups excluding carboxylic acids is 2. The van der Waals surface area contributed by atoms with Gasteiger partial charge in [0.25, 0.3) is 5.91 Å². The van der Waals surface area contributed by atoms with Crippen molar-refractivity contribution >= 4 is 23.3 Å². The van der Waals surface area contributed by atoms with E-state index < -0.39 is 0 Å². The van der Waals surface area contributed by atoms with Crippen molar-refractivity contribution in [1.29, 1.82) is 0 Å². The number of amides is 3. The molecule has 3 amide bonds. The molecule has 8 heteroatoms. The minimum Gasteiger partial charge on any atom is -0.486 e. The van der Waals surface area contributed by atoms with Gasteiger partial charge in [-0.15, -0.1) is 0 Å². The van der Waals surface area contributed by atoms with Gasteiger partial charge in [-0.25, -0.2) is 9.78 Å². The molecule has 0 aliphatic heterocycles. The van der Waals surface area contributed by atoms with E-state index in [4.69, 9.17) is 4.74 Å². The zero-order chi connectivity index (χ0) is 25.1. The minimum absolute atomic E-state index is 0.193. The van der Waals surface area contributed by atoms with Crippen LogP contribution in [-0.2, 0) is 6.61 Å². The molecule has 2 aromatic carbocycles. The van der Waals surface area contributed by atoms with Gasteiger partial charge in [-0.2, -0.15) is 0 Å². The maximum atomic E-state index is 13.1. The molecule has 184 valence electrons. The fourth-order valence-corrected chi connectivity index (χ4v) is 4.00. The first kappa shape index (κ1) is 23.4. The Kier molecular flexibility index (Phi) is 6.58. The van der Waals surface area contributed by atoms with E-state index in [0.29, 0.717) is 23.0 Å². The minimum atomic E-state index is -0.235. The summed E-state index contributed by atoms with van der Waals surface area (Å²) in [6.07, 6.45) is 5.96. The summed E-state index contributed by atoms with van der Waals surface area (Å²) in [5.74, 6) is 0.271. The second kappa shape index (κ2) is 10.1. The Morgan fingerprint density at radius 2 is 1.86 bits per heavy atom. The van der Waals surface area contributed by atoms with Crippen LogP contribution in [0, 0.1) is 6.92 Å². The molecule has 1 atom stereocenters. The number of nitrogens with zero attached hydrogens (tertiary/aromatic N) is 2. The molecule has 1 aliphatic rings. The third-order valence-corrected chi connectivity index (χ3v) is 6.16. The lowest BCUT2D eigenvalue weighted by Gasteiger charge is -2.17. The average Bonchev–Trinajstić information content (AvgIpc) is 3.58. The van der Waals surface area contributed by atoms with Gasteiger partial charge >= 0.3 is 6.03 Å². The normalized spacial score (nSPS) is 13.7. The Hall–Kier alpha value is -4.33. The standard InChI is InChI=1S/C28H29N5O3/c1-18-6-5-15-33-16-23(30-26(18)33)17-36-25-8-4-3-7-24(25)27(34)29-19(2)20-9-11-21(12-10-20)31-28(35)32-22-13-14-22/h3-12,15-16,19,22H,13-14,17H2,1-2H3,(H,29,34)(H2,31,32,35). The van der Waals surface area contributed by atoms with E-state index in [-0.39, 0.29) is 24.6 Å². The Balaban J connectivity index is 1.21. The van der Waals surface area contributed by atoms with Crippen molar-refractivity contribution in [3.05, 3.63) is 95.4 Å². The SMILES string of the molecule is Cc1cccn2cc(COc3ccccc3C(=O)NC(C)c3ccc(NC(=O)NC4CC4)cc3)nc12. The molecule has 36 heavy (non-hydrogen) atoms. The molecule has 3 N–H and O–H groups in total. The number of pyridine rings is 1. The molecule has 0 radical (unpaired) electrons. The van der Waals surface area contributed by atoms with E-state index in [2.05, 4.69) is 20.9 Å². The number of benzene rings is 2. The van der Waals surface area contributed by atoms with Gasteiger partial charge in [0.15, 0.2) is 0 Å². The van der Waals surface area contributed by atoms with Crippen LogP contribution in [0.4, 0.5) is 10.5 Å². The maximum Gasteiger partial charge on any atom is 0.319 e. The highest BCUT2D eigenvalue weighted by Crippen LogP contribution is 2.23. The molecule has 4 aromatic rings. The van der Waals surface area contributed by atoms with Crippen molar-refractivity contribution in [2.24, 2.45) is 0 Å². The van der Waals surface area contributed by atoms with E-state index in [9.17, 15) is 9.59 Å². The predicted molar refractivity (Wildman–Crippen MR) is 138 cm³/mol. The Morgan fingerprint density at radius 3 is 2.61 bits per heavy atom. The number of fused-ring (bicyclic) bond motifs is 1. The number of hydrogen-bond acceptors (Lipinski definition) is 4. The molecule has 0 spiro atoms. The fourth-order valence-electron chi connectivity index (χ4n) is 4.00. The molecule has 0 saturated heterocycles. The third-order valence-electron chi connectivity index (χ3n) is 6.16. The van der Waals surface area contributed by atoms with Crippen molar-refractivity contribution < 1.29 is 14.3 Å². The van der Waals surface area contributed by atoms with Crippen molar-refractivity contribution in [1.82, 2.24) is 20.0 Å². The summed E-state index contributed by atoms with van der Waals surface area (Å²) in [4.78, 5) is 29.7. The first-order valence-electron chi connectivity index (χ1n) is 12.1. The molecule has 2 aromatic heterocycles. The number of ether oxygens (including phenoxy) is 1. The van der Waals surface area contributed by atoms with Crippen LogP contribution in [0.3, 0.4) is 0 Å². The van der Waals surface area contributed by atoms with Crippen molar-refractivity contribution in [2.45, 2.75) is 45.4 Å². The number of carbonyl (C=O) groups is 2. The van der Waals surface area contributed by atoms with Crippen LogP contribution in [0.1, 0.15) is 53.0 Å². The highest BCUT2D eigenvalue weighted by Gasteiger charge is 2.23. The Morgan fingerprint density at radius 1 is 1.08 bits per heavy atom. The Labute approximate surface area is 209 Å². The van der Waals surface area contributed by atoms with Crippen LogP contribution in [0.5, 0.6) is 5.75 Å². The summed E-state index contributed by atoms with van der Waals surface area (Å²) in [7, 11) is 0. The zero-order valence-electron chi connectivity index (χ0n) is 20.3. The number of aryl methyl sites for hydroxylation is 1. The van der Waals surface area contributed by atoms with E-state index in [1.165, 1.54) is 0 Å². The third kappa shape index (κ3) is 5.49. The van der Waals surface area contributed by atoms with Crippen molar-refractivity contribution in [3.63, 3.8) is 0 Å². The first-order chi connectivity index (χ1) is 17.5. The monoisotopic (exact) mass is 483 g/mol. The second-order valence-corrected chi connectivity index (χ2v) is 9.13. The van der Waals surface area contributed by atoms with Gasteiger partial charge in [-0.1, -0.05) is 30.3 Å². The summed E-state index contributed by atoms with van der Waals surface area (Å²) in [6.45, 7) is 4.19. The van der Waals surface area contributed by atoms with Crippen LogP contribution in [0.15, 0.2) is 73.1 Å². The predicted octanol–water partition coefficient (Wildman–Crippen LogP) is 5.00. The molecule has 8 nitrogen and oxygen atoms in total. The maximum absolute atomic E-state index is 13.1. The number of nitrogens with one attached hydrogen (secondary N) is 3. The topological polar surface area (TPSA) is 96.8 Å². The van der Waals surface area contributed by atoms with Crippen LogP contribution in [0.2, 0.25) is 0 Å². The number of aromatic nitrogens is 2. The molecular weight excluding hydrogens is 454 g/mol. The quantitative estimate of drug-likeness (QED) is 0.329. The van der Waals surface area contributed by atoms with E-state index in [1.807, 2.05) is 79.2 Å². The second-order valence-electron chi connectivity index (χ2n) is 9.13. The van der Waals surface area contributed by atoms with Gasteiger partial charge in [0.2, 0.25) is 0 Å². The fraction of sp³-hybridized carbons (Fsp3) is 0.250. The molecule has 1 saturated carbocycles. The summed E-state index contributed by atoms with van der Waals surface area (Å²) in [6, 6.07) is 18.5. The number of hydrogen-bond donors (Lipinski definition) is 3. The zero-order valence-corrected chi connectivity index (χ0v) is 20.3. The lowest BCUT2D eigenvalue weighted by molar-refractivity contribution is 0.0935. The smallest absolute Gasteiger partial charge is 0.319 e. The van der Waals surface area contributed by atoms with Gasteiger partial charge in [0.05, 0.1) is 17.3 Å². The number of anilines is 1. The highest BCUT2D eigenvalue weighted by molar-refractivity contribution is 5.97. The number of urea groups is 1. The van der Waals surface area contributed by atoms with Crippen LogP contribution >= 0.6 is 0 Å².